The van der Waals surface area contributed by atoms with Crippen LogP contribution in [0.5, 0.6) is 0 Å². The zero-order chi connectivity index (χ0) is 48.3. The third-order valence-corrected chi connectivity index (χ3v) is 16.1. The Bertz CT molecular complexity index is 3860. The Morgan fingerprint density at radius 3 is 0.986 bits per heavy atom. The molecule has 72 heavy (non-hydrogen) atoms. The Morgan fingerprint density at radius 1 is 0.222 bits per heavy atom. The van der Waals surface area contributed by atoms with Gasteiger partial charge in [0.2, 0.25) is 0 Å². The van der Waals surface area contributed by atoms with Gasteiger partial charge in [-0.3, -0.25) is 0 Å². The number of nitrogens with zero attached hydrogens (tertiary/aromatic N) is 2. The molecule has 342 valence electrons. The summed E-state index contributed by atoms with van der Waals surface area (Å²) in [5.74, 6) is 0. The average molecular weight is 921 g/mol. The highest BCUT2D eigenvalue weighted by molar-refractivity contribution is 6.17. The number of anilines is 6. The SMILES string of the molecule is CC1(C)c2cccc3ccc4cc(N(c5ccc(-c6ccc(N(c7cccc(-c8ccccc8)c7)c7cc8c9c(ccc%10cccc(c%109)C8(C)C)c7)cc6)cc5)c5cccc(-c6ccccc6)c5)cc1c4c23. The summed E-state index contributed by atoms with van der Waals surface area (Å²) in [5.41, 5.74) is 19.2. The molecule has 0 amide bonds. The fourth-order valence-electron chi connectivity index (χ4n) is 12.4. The van der Waals surface area contributed by atoms with Crippen LogP contribution in [0.2, 0.25) is 0 Å². The number of hydrogen-bond acceptors (Lipinski definition) is 2. The van der Waals surface area contributed by atoms with Gasteiger partial charge in [0, 0.05) is 45.0 Å². The van der Waals surface area contributed by atoms with E-state index in [1.54, 1.807) is 0 Å². The van der Waals surface area contributed by atoms with Crippen LogP contribution in [0.25, 0.3) is 76.5 Å². The molecule has 0 saturated carbocycles. The van der Waals surface area contributed by atoms with E-state index in [1.165, 1.54) is 98.7 Å². The van der Waals surface area contributed by atoms with E-state index >= 15 is 0 Å². The molecule has 0 bridgehead atoms. The van der Waals surface area contributed by atoms with Crippen LogP contribution < -0.4 is 9.80 Å². The van der Waals surface area contributed by atoms with Gasteiger partial charge in [-0.25, -0.2) is 0 Å². The van der Waals surface area contributed by atoms with Crippen molar-refractivity contribution in [3.05, 3.63) is 265 Å². The van der Waals surface area contributed by atoms with Gasteiger partial charge < -0.3 is 9.80 Å². The Morgan fingerprint density at radius 2 is 0.569 bits per heavy atom. The molecule has 12 aromatic rings. The summed E-state index contributed by atoms with van der Waals surface area (Å²) >= 11 is 0. The molecule has 0 atom stereocenters. The molecule has 0 fully saturated rings. The molecule has 0 saturated heterocycles. The van der Waals surface area contributed by atoms with Crippen LogP contribution in [-0.4, -0.2) is 0 Å². The maximum Gasteiger partial charge on any atom is 0.0471 e. The second-order valence-electron chi connectivity index (χ2n) is 21.0. The second-order valence-corrected chi connectivity index (χ2v) is 21.0. The lowest BCUT2D eigenvalue weighted by Crippen LogP contribution is -2.17. The standard InChI is InChI=1S/C70H52N2/c1-69(2)61-25-13-19-49-27-29-53-41-59(43-63(69)67(53)65(49)61)71(57-23-11-21-51(39-57)45-15-7-5-8-16-45)55-35-31-47(32-36-55)48-33-37-56(38-34-48)72(58-24-12-22-52(40-58)46-17-9-6-10-18-46)60-42-54-30-28-50-20-14-26-62-66(50)68(54)64(44-60)70(62,3)4/h5-44H,1-4H3. The van der Waals surface area contributed by atoms with E-state index in [1.807, 2.05) is 0 Å². The molecule has 2 aliphatic carbocycles. The maximum atomic E-state index is 2.45. The molecule has 0 unspecified atom stereocenters. The zero-order valence-corrected chi connectivity index (χ0v) is 41.0. The Hall–Kier alpha value is -8.72. The van der Waals surface area contributed by atoms with Gasteiger partial charge in [-0.15, -0.1) is 0 Å². The van der Waals surface area contributed by atoms with Crippen molar-refractivity contribution in [3.63, 3.8) is 0 Å². The minimum absolute atomic E-state index is 0.133. The highest BCUT2D eigenvalue weighted by atomic mass is 15.1. The lowest BCUT2D eigenvalue weighted by atomic mass is 9.81. The molecular weight excluding hydrogens is 869 g/mol. The summed E-state index contributed by atoms with van der Waals surface area (Å²) in [6, 6.07) is 90.2. The van der Waals surface area contributed by atoms with Crippen LogP contribution in [0.1, 0.15) is 49.9 Å². The van der Waals surface area contributed by atoms with E-state index < -0.39 is 0 Å². The van der Waals surface area contributed by atoms with E-state index in [2.05, 4.69) is 280 Å². The molecule has 0 aliphatic heterocycles. The lowest BCUT2D eigenvalue weighted by molar-refractivity contribution is 0.662. The first kappa shape index (κ1) is 42.2. The van der Waals surface area contributed by atoms with Gasteiger partial charge in [-0.1, -0.05) is 198 Å². The summed E-state index contributed by atoms with van der Waals surface area (Å²) in [5, 5.41) is 10.7. The van der Waals surface area contributed by atoms with Crippen LogP contribution in [0.15, 0.2) is 243 Å². The zero-order valence-electron chi connectivity index (χ0n) is 41.0. The molecule has 2 aliphatic rings. The van der Waals surface area contributed by atoms with Crippen molar-refractivity contribution in [1.82, 2.24) is 0 Å². The fourth-order valence-corrected chi connectivity index (χ4v) is 12.4. The van der Waals surface area contributed by atoms with Crippen LogP contribution in [0.3, 0.4) is 0 Å². The quantitative estimate of drug-likeness (QED) is 0.133. The van der Waals surface area contributed by atoms with Crippen molar-refractivity contribution in [2.45, 2.75) is 38.5 Å². The third kappa shape index (κ3) is 6.49. The van der Waals surface area contributed by atoms with E-state index in [9.17, 15) is 0 Å². The van der Waals surface area contributed by atoms with Gasteiger partial charge in [0.25, 0.3) is 0 Å². The Labute approximate surface area is 421 Å². The van der Waals surface area contributed by atoms with Gasteiger partial charge in [0.15, 0.2) is 0 Å². The summed E-state index contributed by atoms with van der Waals surface area (Å²) in [6.45, 7) is 9.54. The van der Waals surface area contributed by atoms with E-state index in [-0.39, 0.29) is 10.8 Å². The molecule has 14 rings (SSSR count). The normalized spacial score (nSPS) is 13.8. The van der Waals surface area contributed by atoms with Crippen molar-refractivity contribution >= 4 is 77.2 Å². The summed E-state index contributed by atoms with van der Waals surface area (Å²) < 4.78 is 0. The maximum absolute atomic E-state index is 2.45. The van der Waals surface area contributed by atoms with E-state index in [0.29, 0.717) is 0 Å². The van der Waals surface area contributed by atoms with Gasteiger partial charge >= 0.3 is 0 Å². The number of benzene rings is 12. The number of hydrogen-bond donors (Lipinski definition) is 0. The summed E-state index contributed by atoms with van der Waals surface area (Å²) in [4.78, 5) is 4.89. The van der Waals surface area contributed by atoms with Gasteiger partial charge in [-0.05, 0) is 172 Å². The first-order valence-electron chi connectivity index (χ1n) is 25.3. The van der Waals surface area contributed by atoms with E-state index in [4.69, 9.17) is 0 Å². The molecular formula is C70H52N2. The van der Waals surface area contributed by atoms with Crippen molar-refractivity contribution in [2.24, 2.45) is 0 Å². The summed E-state index contributed by atoms with van der Waals surface area (Å²) in [6.07, 6.45) is 0. The van der Waals surface area contributed by atoms with Gasteiger partial charge in [-0.2, -0.15) is 0 Å². The molecule has 0 aromatic heterocycles. The largest absolute Gasteiger partial charge is 0.310 e. The first-order valence-corrected chi connectivity index (χ1v) is 25.3. The lowest BCUT2D eigenvalue weighted by Gasteiger charge is -2.29. The smallest absolute Gasteiger partial charge is 0.0471 e. The highest BCUT2D eigenvalue weighted by Gasteiger charge is 2.36. The molecule has 2 nitrogen and oxygen atoms in total. The van der Waals surface area contributed by atoms with Gasteiger partial charge in [0.1, 0.15) is 0 Å². The van der Waals surface area contributed by atoms with Crippen molar-refractivity contribution in [3.8, 4) is 33.4 Å². The topological polar surface area (TPSA) is 6.48 Å². The van der Waals surface area contributed by atoms with Crippen LogP contribution in [0.4, 0.5) is 34.1 Å². The van der Waals surface area contributed by atoms with Gasteiger partial charge in [0.05, 0.1) is 0 Å². The Kier molecular flexibility index (Phi) is 9.32. The predicted molar refractivity (Wildman–Crippen MR) is 306 cm³/mol. The van der Waals surface area contributed by atoms with Crippen molar-refractivity contribution < 1.29 is 0 Å². The van der Waals surface area contributed by atoms with Crippen molar-refractivity contribution in [2.75, 3.05) is 9.80 Å². The summed E-state index contributed by atoms with van der Waals surface area (Å²) in [7, 11) is 0. The van der Waals surface area contributed by atoms with Crippen LogP contribution >= 0.6 is 0 Å². The van der Waals surface area contributed by atoms with E-state index in [0.717, 1.165) is 34.1 Å². The van der Waals surface area contributed by atoms with Crippen LogP contribution in [-0.2, 0) is 10.8 Å². The fraction of sp³-hybridized carbons (Fsp3) is 0.0857. The second kappa shape index (κ2) is 15.9. The Balaban J connectivity index is 0.867. The predicted octanol–water partition coefficient (Wildman–Crippen LogP) is 19.5. The molecule has 0 spiro atoms. The van der Waals surface area contributed by atoms with Crippen LogP contribution in [0, 0.1) is 0 Å². The molecule has 0 N–H and O–H groups in total. The van der Waals surface area contributed by atoms with Crippen molar-refractivity contribution in [1.29, 1.82) is 0 Å². The minimum Gasteiger partial charge on any atom is -0.310 e. The average Bonchev–Trinajstić information content (AvgIpc) is 3.81. The monoisotopic (exact) mass is 920 g/mol. The number of rotatable bonds is 9. The molecule has 0 heterocycles. The molecule has 0 radical (unpaired) electrons. The highest BCUT2D eigenvalue weighted by Crippen LogP contribution is 2.53. The third-order valence-electron chi connectivity index (χ3n) is 16.1. The molecule has 2 heteroatoms. The molecule has 12 aromatic carbocycles. The minimum atomic E-state index is -0.133. The first-order chi connectivity index (χ1) is 35.2.